The molecule has 6 N–H and O–H groups in total. The average molecular weight is 567 g/mol. The maximum Gasteiger partial charge on any atom is 0.354 e. The molecule has 2 aromatic rings. The number of fused-ring (bicyclic) bond motifs is 1. The summed E-state index contributed by atoms with van der Waals surface area (Å²) in [6.07, 6.45) is 0. The van der Waals surface area contributed by atoms with Crippen LogP contribution in [0.5, 0.6) is 5.75 Å². The van der Waals surface area contributed by atoms with E-state index >= 15 is 4.39 Å². The molecule has 3 amide bonds. The number of hydrogen-bond donors (Lipinski definition) is 6. The maximum atomic E-state index is 15.0. The molecule has 5 rings (SSSR count). The molecular weight excluding hydrogens is 543 g/mol. The van der Waals surface area contributed by atoms with E-state index in [1.165, 1.54) is 24.3 Å². The number of morpholine rings is 1. The largest absolute Gasteiger partial charge is 0.435 e. The minimum Gasteiger partial charge on any atom is -0.435 e. The standard InChI is InChI=1S/C25H24B2FN3O10/c26-22(35)20(33)29-21(34)23(36,25(22,27)39)31-12-15-14(19(31)32)2-1-3-18(15)41-24(37,38)16-5-4-13(10-17(16)28)11-30-6-8-40-9-7-30/h1-5,10,35-39H,6-9,11-12H2,(H,29,33,34). The molecular formula is C25H24B2FN3O10. The molecule has 0 aromatic heterocycles. The number of imide groups is 1. The number of hydrogen-bond acceptors (Lipinski definition) is 11. The third-order valence-corrected chi connectivity index (χ3v) is 7.46. The highest BCUT2D eigenvalue weighted by Crippen LogP contribution is 2.43. The van der Waals surface area contributed by atoms with Crippen LogP contribution >= 0.6 is 0 Å². The number of nitrogens with one attached hydrogen (secondary N) is 1. The van der Waals surface area contributed by atoms with E-state index in [4.69, 9.17) is 25.2 Å². The molecule has 3 aliphatic heterocycles. The van der Waals surface area contributed by atoms with Gasteiger partial charge in [-0.25, -0.2) is 4.39 Å². The van der Waals surface area contributed by atoms with Crippen LogP contribution in [-0.2, 0) is 33.4 Å². The van der Waals surface area contributed by atoms with Gasteiger partial charge in [-0.15, -0.1) is 0 Å². The molecule has 41 heavy (non-hydrogen) atoms. The predicted molar refractivity (Wildman–Crippen MR) is 135 cm³/mol. The molecule has 4 radical (unpaired) electrons. The molecule has 2 aromatic carbocycles. The summed E-state index contributed by atoms with van der Waals surface area (Å²) in [5.74, 6) is -9.03. The smallest absolute Gasteiger partial charge is 0.354 e. The first kappa shape index (κ1) is 29.1. The summed E-state index contributed by atoms with van der Waals surface area (Å²) in [7, 11) is 11.0. The fourth-order valence-corrected chi connectivity index (χ4v) is 5.03. The Kier molecular flexibility index (Phi) is 7.02. The molecule has 0 aliphatic carbocycles. The van der Waals surface area contributed by atoms with Gasteiger partial charge in [-0.2, -0.15) is 0 Å². The Bertz CT molecular complexity index is 1430. The summed E-state index contributed by atoms with van der Waals surface area (Å²) in [6, 6.07) is 7.44. The lowest BCUT2D eigenvalue weighted by Crippen LogP contribution is -2.86. The Labute approximate surface area is 234 Å². The number of amides is 3. The number of aliphatic hydroxyl groups is 5. The number of carbonyl (C=O) groups is 3. The van der Waals surface area contributed by atoms with Crippen LogP contribution in [0, 0.1) is 5.82 Å². The summed E-state index contributed by atoms with van der Waals surface area (Å²) < 4.78 is 25.6. The second kappa shape index (κ2) is 9.87. The summed E-state index contributed by atoms with van der Waals surface area (Å²) in [4.78, 5) is 40.2. The van der Waals surface area contributed by atoms with E-state index in [1.54, 1.807) is 5.32 Å². The fraction of sp³-hybridized carbons (Fsp3) is 0.400. The molecule has 212 valence electrons. The Morgan fingerprint density at radius 1 is 1.05 bits per heavy atom. The normalized spacial score (nSPS) is 28.9. The molecule has 3 unspecified atom stereocenters. The number of benzene rings is 2. The Morgan fingerprint density at radius 3 is 2.39 bits per heavy atom. The number of ether oxygens (including phenoxy) is 2. The molecule has 2 saturated heterocycles. The van der Waals surface area contributed by atoms with Gasteiger partial charge in [0, 0.05) is 30.8 Å². The van der Waals surface area contributed by atoms with Crippen LogP contribution in [0.4, 0.5) is 4.39 Å². The van der Waals surface area contributed by atoms with Gasteiger partial charge in [0.1, 0.15) is 38.3 Å². The minimum absolute atomic E-state index is 0.135. The van der Waals surface area contributed by atoms with Crippen molar-refractivity contribution in [1.29, 1.82) is 0 Å². The third-order valence-electron chi connectivity index (χ3n) is 7.46. The van der Waals surface area contributed by atoms with Crippen molar-refractivity contribution in [3.05, 3.63) is 64.5 Å². The average Bonchev–Trinajstić information content (AvgIpc) is 3.25. The molecule has 3 atom stereocenters. The zero-order valence-electron chi connectivity index (χ0n) is 21.4. The van der Waals surface area contributed by atoms with Gasteiger partial charge < -0.3 is 35.0 Å². The summed E-state index contributed by atoms with van der Waals surface area (Å²) in [5.41, 5.74) is -10.9. The van der Waals surface area contributed by atoms with E-state index in [0.717, 1.165) is 12.1 Å². The SMILES string of the molecule is [B]C1(O)C(=O)NC(=O)C(O)(N2Cc3c(OC(O)(O)c4ccc(CN5CCOCC5)cc4F)cccc3C2=O)C1([B])O. The first-order chi connectivity index (χ1) is 19.1. The number of halogens is 1. The highest BCUT2D eigenvalue weighted by molar-refractivity contribution is 6.39. The van der Waals surface area contributed by atoms with E-state index in [9.17, 15) is 39.9 Å². The van der Waals surface area contributed by atoms with Crippen LogP contribution in [0.3, 0.4) is 0 Å². The van der Waals surface area contributed by atoms with Crippen LogP contribution in [0.15, 0.2) is 36.4 Å². The molecule has 13 nitrogen and oxygen atoms in total. The fourth-order valence-electron chi connectivity index (χ4n) is 5.03. The lowest BCUT2D eigenvalue weighted by molar-refractivity contribution is -0.305. The van der Waals surface area contributed by atoms with Gasteiger partial charge in [0.05, 0.1) is 25.3 Å². The van der Waals surface area contributed by atoms with Crippen LogP contribution in [0.2, 0.25) is 0 Å². The molecule has 3 heterocycles. The van der Waals surface area contributed by atoms with Gasteiger partial charge in [0.25, 0.3) is 17.7 Å². The van der Waals surface area contributed by atoms with Crippen LogP contribution in [0.1, 0.15) is 27.0 Å². The Balaban J connectivity index is 1.42. The third kappa shape index (κ3) is 4.52. The van der Waals surface area contributed by atoms with E-state index in [-0.39, 0.29) is 16.9 Å². The van der Waals surface area contributed by atoms with Gasteiger partial charge in [0.15, 0.2) is 0 Å². The predicted octanol–water partition coefficient (Wildman–Crippen LogP) is -3.15. The van der Waals surface area contributed by atoms with Gasteiger partial charge in [0.2, 0.25) is 5.72 Å². The number of carbonyl (C=O) groups excluding carboxylic acids is 3. The van der Waals surface area contributed by atoms with Crippen molar-refractivity contribution in [3.63, 3.8) is 0 Å². The monoisotopic (exact) mass is 567 g/mol. The topological polar surface area (TPSA) is 189 Å². The summed E-state index contributed by atoms with van der Waals surface area (Å²) in [6.45, 7) is 2.06. The molecule has 2 fully saturated rings. The van der Waals surface area contributed by atoms with Gasteiger partial charge in [-0.1, -0.05) is 12.1 Å². The van der Waals surface area contributed by atoms with E-state index in [2.05, 4.69) is 0 Å². The number of rotatable bonds is 6. The second-order valence-electron chi connectivity index (χ2n) is 10.1. The van der Waals surface area contributed by atoms with E-state index < -0.39 is 58.3 Å². The molecule has 0 spiro atoms. The van der Waals surface area contributed by atoms with Gasteiger partial charge >= 0.3 is 5.97 Å². The van der Waals surface area contributed by atoms with Crippen molar-refractivity contribution < 1.29 is 53.8 Å². The Hall–Kier alpha value is -3.37. The van der Waals surface area contributed by atoms with Crippen molar-refractivity contribution >= 4 is 33.4 Å². The zero-order chi connectivity index (χ0) is 30.0. The van der Waals surface area contributed by atoms with Gasteiger partial charge in [-0.05, 0) is 29.8 Å². The number of piperidine rings is 1. The minimum atomic E-state index is -3.60. The zero-order valence-corrected chi connectivity index (χ0v) is 21.4. The lowest BCUT2D eigenvalue weighted by atomic mass is 9.51. The van der Waals surface area contributed by atoms with Crippen LogP contribution < -0.4 is 10.1 Å². The van der Waals surface area contributed by atoms with Crippen molar-refractivity contribution in [2.45, 2.75) is 35.8 Å². The highest BCUT2D eigenvalue weighted by atomic mass is 19.1. The molecule has 3 aliphatic rings. The summed E-state index contributed by atoms with van der Waals surface area (Å²) in [5, 5.41) is 55.1. The van der Waals surface area contributed by atoms with Crippen molar-refractivity contribution in [2.24, 2.45) is 0 Å². The molecule has 0 bridgehead atoms. The van der Waals surface area contributed by atoms with Crippen molar-refractivity contribution in [2.75, 3.05) is 26.3 Å². The summed E-state index contributed by atoms with van der Waals surface area (Å²) >= 11 is 0. The van der Waals surface area contributed by atoms with Crippen LogP contribution in [-0.4, -0.2) is 112 Å². The van der Waals surface area contributed by atoms with E-state index in [1.807, 2.05) is 4.90 Å². The molecule has 16 heteroatoms. The quantitative estimate of drug-likeness (QED) is 0.118. The van der Waals surface area contributed by atoms with E-state index in [0.29, 0.717) is 43.3 Å². The first-order valence-corrected chi connectivity index (χ1v) is 12.4. The Morgan fingerprint density at radius 2 is 1.73 bits per heavy atom. The first-order valence-electron chi connectivity index (χ1n) is 12.4. The maximum absolute atomic E-state index is 15.0. The van der Waals surface area contributed by atoms with Crippen molar-refractivity contribution in [3.8, 4) is 5.75 Å². The van der Waals surface area contributed by atoms with Gasteiger partial charge in [-0.3, -0.25) is 29.5 Å². The van der Waals surface area contributed by atoms with Crippen LogP contribution in [0.25, 0.3) is 0 Å². The molecule has 0 saturated carbocycles. The second-order valence-corrected chi connectivity index (χ2v) is 10.1. The van der Waals surface area contributed by atoms with Crippen molar-refractivity contribution in [1.82, 2.24) is 15.1 Å². The number of nitrogens with zero attached hydrogens (tertiary/aromatic N) is 2. The lowest BCUT2D eigenvalue weighted by Gasteiger charge is -2.54. The highest BCUT2D eigenvalue weighted by Gasteiger charge is 2.70.